The summed E-state index contributed by atoms with van der Waals surface area (Å²) in [4.78, 5) is 2.28. The minimum Gasteiger partial charge on any atom is -0.374 e. The number of hydrogen-bond acceptors (Lipinski definition) is 3. The molecule has 1 atom stereocenters. The number of hydrogen-bond donors (Lipinski definition) is 1. The zero-order chi connectivity index (χ0) is 13.5. The molecule has 0 saturated heterocycles. The second-order valence-electron chi connectivity index (χ2n) is 4.56. The number of nitrogens with zero attached hydrogens (tertiary/aromatic N) is 1. The predicted octanol–water partition coefficient (Wildman–Crippen LogP) is 3.42. The quantitative estimate of drug-likeness (QED) is 0.833. The van der Waals surface area contributed by atoms with Gasteiger partial charge in [-0.15, -0.1) is 0 Å². The highest BCUT2D eigenvalue weighted by molar-refractivity contribution is 7.98. The van der Waals surface area contributed by atoms with Gasteiger partial charge in [-0.3, -0.25) is 0 Å². The van der Waals surface area contributed by atoms with Crippen molar-refractivity contribution in [2.45, 2.75) is 25.8 Å². The van der Waals surface area contributed by atoms with Crippen LogP contribution in [-0.2, 0) is 6.42 Å². The second-order valence-corrected chi connectivity index (χ2v) is 5.98. The highest BCUT2D eigenvalue weighted by Crippen LogP contribution is 2.25. The van der Waals surface area contributed by atoms with Gasteiger partial charge in [0.1, 0.15) is 0 Å². The average Bonchev–Trinajstić information content (AvgIpc) is 2.36. The molecule has 1 aromatic carbocycles. The van der Waals surface area contributed by atoms with E-state index in [0.717, 1.165) is 30.2 Å². The summed E-state index contributed by atoms with van der Waals surface area (Å²) in [6.07, 6.45) is 4.00. The third-order valence-electron chi connectivity index (χ3n) is 3.09. The third kappa shape index (κ3) is 4.71. The van der Waals surface area contributed by atoms with E-state index in [2.05, 4.69) is 31.2 Å². The summed E-state index contributed by atoms with van der Waals surface area (Å²) < 4.78 is 0. The van der Waals surface area contributed by atoms with Gasteiger partial charge in [-0.2, -0.15) is 11.8 Å². The Bertz CT molecular complexity index is 371. The van der Waals surface area contributed by atoms with Gasteiger partial charge >= 0.3 is 0 Å². The maximum Gasteiger partial charge on any atom is 0.0410 e. The van der Waals surface area contributed by atoms with Crippen molar-refractivity contribution in [1.82, 2.24) is 0 Å². The topological polar surface area (TPSA) is 29.3 Å². The summed E-state index contributed by atoms with van der Waals surface area (Å²) in [7, 11) is 2.13. The number of anilines is 1. The van der Waals surface area contributed by atoms with Crippen LogP contribution >= 0.6 is 23.4 Å². The molecule has 0 spiro atoms. The molecule has 0 radical (unpaired) electrons. The number of rotatable bonds is 7. The van der Waals surface area contributed by atoms with E-state index in [1.807, 2.05) is 23.9 Å². The van der Waals surface area contributed by atoms with Crippen molar-refractivity contribution < 1.29 is 0 Å². The van der Waals surface area contributed by atoms with Gasteiger partial charge in [-0.05, 0) is 42.9 Å². The highest BCUT2D eigenvalue weighted by Gasteiger charge is 2.10. The Morgan fingerprint density at radius 1 is 1.44 bits per heavy atom. The summed E-state index contributed by atoms with van der Waals surface area (Å²) in [6.45, 7) is 3.16. The van der Waals surface area contributed by atoms with Gasteiger partial charge in [-0.1, -0.05) is 18.5 Å². The molecule has 0 aliphatic rings. The van der Waals surface area contributed by atoms with Gasteiger partial charge in [0.2, 0.25) is 0 Å². The first kappa shape index (κ1) is 15.7. The molecule has 0 heterocycles. The largest absolute Gasteiger partial charge is 0.374 e. The average molecular weight is 287 g/mol. The van der Waals surface area contributed by atoms with Crippen LogP contribution in [0.1, 0.15) is 18.9 Å². The molecule has 18 heavy (non-hydrogen) atoms. The normalized spacial score (nSPS) is 12.5. The highest BCUT2D eigenvalue weighted by atomic mass is 35.5. The Kier molecular flexibility index (Phi) is 6.90. The fraction of sp³-hybridized carbons (Fsp3) is 0.571. The molecule has 0 saturated carbocycles. The molecule has 102 valence electrons. The van der Waals surface area contributed by atoms with Crippen molar-refractivity contribution in [1.29, 1.82) is 0 Å². The predicted molar refractivity (Wildman–Crippen MR) is 85.1 cm³/mol. The van der Waals surface area contributed by atoms with Crippen molar-refractivity contribution in [3.8, 4) is 0 Å². The molecule has 4 heteroatoms. The molecular formula is C14H23ClN2S. The molecule has 0 aliphatic heterocycles. The van der Waals surface area contributed by atoms with Crippen LogP contribution in [0.4, 0.5) is 5.69 Å². The smallest absolute Gasteiger partial charge is 0.0410 e. The first-order valence-corrected chi connectivity index (χ1v) is 8.09. The van der Waals surface area contributed by atoms with E-state index in [0.29, 0.717) is 0 Å². The lowest BCUT2D eigenvalue weighted by Crippen LogP contribution is -2.25. The van der Waals surface area contributed by atoms with Gasteiger partial charge in [-0.25, -0.2) is 0 Å². The first-order valence-electron chi connectivity index (χ1n) is 6.32. The Balaban J connectivity index is 2.88. The van der Waals surface area contributed by atoms with E-state index in [1.165, 1.54) is 11.3 Å². The first-order chi connectivity index (χ1) is 8.58. The molecule has 0 fully saturated rings. The lowest BCUT2D eigenvalue weighted by atomic mass is 10.0. The Morgan fingerprint density at radius 2 is 2.17 bits per heavy atom. The van der Waals surface area contributed by atoms with E-state index in [-0.39, 0.29) is 6.04 Å². The maximum atomic E-state index is 6.09. The lowest BCUT2D eigenvalue weighted by Gasteiger charge is -2.23. The molecule has 1 aromatic rings. The molecule has 1 rings (SSSR count). The van der Waals surface area contributed by atoms with E-state index in [9.17, 15) is 0 Å². The number of halogens is 1. The molecular weight excluding hydrogens is 264 g/mol. The minimum absolute atomic E-state index is 0.205. The van der Waals surface area contributed by atoms with Gasteiger partial charge in [0.05, 0.1) is 0 Å². The van der Waals surface area contributed by atoms with E-state index >= 15 is 0 Å². The van der Waals surface area contributed by atoms with Gasteiger partial charge in [0.25, 0.3) is 0 Å². The van der Waals surface area contributed by atoms with Crippen LogP contribution in [0, 0.1) is 0 Å². The molecule has 0 aliphatic carbocycles. The van der Waals surface area contributed by atoms with Crippen molar-refractivity contribution in [3.05, 3.63) is 28.8 Å². The van der Waals surface area contributed by atoms with Crippen LogP contribution in [-0.4, -0.2) is 31.6 Å². The van der Waals surface area contributed by atoms with Crippen molar-refractivity contribution in [2.75, 3.05) is 30.5 Å². The summed E-state index contributed by atoms with van der Waals surface area (Å²) in [5, 5.41) is 0.787. The van der Waals surface area contributed by atoms with Crippen LogP contribution < -0.4 is 10.6 Å². The van der Waals surface area contributed by atoms with E-state index < -0.39 is 0 Å². The fourth-order valence-electron chi connectivity index (χ4n) is 1.87. The molecule has 1 unspecified atom stereocenters. The third-order valence-corrected chi connectivity index (χ3v) is 3.92. The maximum absolute atomic E-state index is 6.09. The molecule has 2 N–H and O–H groups in total. The lowest BCUT2D eigenvalue weighted by molar-refractivity contribution is 0.645. The summed E-state index contributed by atoms with van der Waals surface area (Å²) in [6, 6.07) is 6.30. The summed E-state index contributed by atoms with van der Waals surface area (Å²) in [5.74, 6) is 1.12. The SMILES string of the molecule is CCC(N)Cc1cc(Cl)ccc1N(C)CCSC. The minimum atomic E-state index is 0.205. The Hall–Kier alpha value is -0.380. The van der Waals surface area contributed by atoms with Crippen LogP contribution in [0.3, 0.4) is 0 Å². The van der Waals surface area contributed by atoms with Crippen molar-refractivity contribution >= 4 is 29.1 Å². The summed E-state index contributed by atoms with van der Waals surface area (Å²) in [5.41, 5.74) is 8.56. The van der Waals surface area contributed by atoms with Gasteiger partial charge in [0, 0.05) is 36.1 Å². The number of nitrogens with two attached hydrogens (primary N) is 1. The zero-order valence-corrected chi connectivity index (χ0v) is 13.0. The Labute approximate surface area is 120 Å². The monoisotopic (exact) mass is 286 g/mol. The van der Waals surface area contributed by atoms with Crippen molar-refractivity contribution in [3.63, 3.8) is 0 Å². The van der Waals surface area contributed by atoms with Crippen LogP contribution in [0.5, 0.6) is 0 Å². The molecule has 0 aromatic heterocycles. The van der Waals surface area contributed by atoms with Crippen molar-refractivity contribution in [2.24, 2.45) is 5.73 Å². The van der Waals surface area contributed by atoms with Crippen LogP contribution in [0.25, 0.3) is 0 Å². The fourth-order valence-corrected chi connectivity index (χ4v) is 2.52. The number of thioether (sulfide) groups is 1. The van der Waals surface area contributed by atoms with Crippen LogP contribution in [0.15, 0.2) is 18.2 Å². The molecule has 2 nitrogen and oxygen atoms in total. The van der Waals surface area contributed by atoms with Gasteiger partial charge in [0.15, 0.2) is 0 Å². The standard InChI is InChI=1S/C14H23ClN2S/c1-4-13(16)10-11-9-12(15)5-6-14(11)17(2)7-8-18-3/h5-6,9,13H,4,7-8,10,16H2,1-3H3. The second kappa shape index (κ2) is 7.93. The number of benzene rings is 1. The molecule has 0 amide bonds. The zero-order valence-electron chi connectivity index (χ0n) is 11.4. The van der Waals surface area contributed by atoms with E-state index in [4.69, 9.17) is 17.3 Å². The molecule has 0 bridgehead atoms. The van der Waals surface area contributed by atoms with Gasteiger partial charge < -0.3 is 10.6 Å². The summed E-state index contributed by atoms with van der Waals surface area (Å²) >= 11 is 7.95. The van der Waals surface area contributed by atoms with E-state index in [1.54, 1.807) is 0 Å². The Morgan fingerprint density at radius 3 is 2.78 bits per heavy atom. The van der Waals surface area contributed by atoms with Crippen LogP contribution in [0.2, 0.25) is 5.02 Å².